The highest BCUT2D eigenvalue weighted by Gasteiger charge is 2.12. The molecule has 2 aromatic heterocycles. The van der Waals surface area contributed by atoms with Crippen molar-refractivity contribution in [1.29, 1.82) is 0 Å². The van der Waals surface area contributed by atoms with Crippen molar-refractivity contribution in [1.82, 2.24) is 10.6 Å². The summed E-state index contributed by atoms with van der Waals surface area (Å²) >= 11 is 0. The molecular weight excluding hydrogens is 476 g/mol. The Morgan fingerprint density at radius 2 is 1.08 bits per heavy atom. The maximum atomic E-state index is 12.3. The molecule has 4 rings (SSSR count). The lowest BCUT2D eigenvalue weighted by atomic mass is 10.1. The third-order valence-electron chi connectivity index (χ3n) is 6.06. The van der Waals surface area contributed by atoms with Crippen LogP contribution in [-0.4, -0.2) is 37.6 Å². The van der Waals surface area contributed by atoms with Gasteiger partial charge < -0.3 is 15.4 Å². The summed E-state index contributed by atoms with van der Waals surface area (Å²) in [5.74, 6) is -0.163. The number of carbonyl (C=O) groups excluding carboxylic acids is 2. The molecule has 1 unspecified atom stereocenters. The Bertz CT molecular complexity index is 1290. The van der Waals surface area contributed by atoms with E-state index in [-0.39, 0.29) is 31.0 Å². The molecule has 2 aromatic carbocycles. The zero-order valence-corrected chi connectivity index (χ0v) is 21.6. The Labute approximate surface area is 223 Å². The van der Waals surface area contributed by atoms with Gasteiger partial charge in [0, 0.05) is 37.4 Å². The number of benzene rings is 2. The van der Waals surface area contributed by atoms with Crippen LogP contribution in [0.1, 0.15) is 6.92 Å². The Balaban J connectivity index is 1.09. The summed E-state index contributed by atoms with van der Waals surface area (Å²) in [5.41, 5.74) is 4.50. The predicted octanol–water partition coefficient (Wildman–Crippen LogP) is 2.93. The van der Waals surface area contributed by atoms with Crippen LogP contribution in [0.5, 0.6) is 0 Å². The zero-order valence-electron chi connectivity index (χ0n) is 21.6. The number of nitrogens with zero attached hydrogens (tertiary/aromatic N) is 2. The van der Waals surface area contributed by atoms with Gasteiger partial charge >= 0.3 is 0 Å². The maximum absolute atomic E-state index is 12.3. The van der Waals surface area contributed by atoms with Gasteiger partial charge in [0.25, 0.3) is 11.8 Å². The van der Waals surface area contributed by atoms with E-state index in [4.69, 9.17) is 4.74 Å². The minimum Gasteiger partial charge on any atom is -0.375 e. The molecule has 0 fully saturated rings. The fourth-order valence-electron chi connectivity index (χ4n) is 3.98. The molecule has 0 saturated heterocycles. The standard InChI is InChI=1S/C31H32N4O3/c1-25(22-33-31(37)24-35-19-14-29(15-20-35)27-10-6-3-7-11-27)38-21-16-32-30(36)23-34-17-12-28(13-18-34)26-8-4-2-5-9-26/h2-15,17-20,25H,16,21-24H2,1H3/p+2. The van der Waals surface area contributed by atoms with Crippen molar-refractivity contribution in [2.24, 2.45) is 0 Å². The van der Waals surface area contributed by atoms with E-state index < -0.39 is 0 Å². The number of amides is 2. The van der Waals surface area contributed by atoms with Gasteiger partial charge in [-0.05, 0) is 29.2 Å². The lowest BCUT2D eigenvalue weighted by Gasteiger charge is -2.13. The number of pyridine rings is 2. The number of aromatic nitrogens is 2. The molecule has 7 heteroatoms. The van der Waals surface area contributed by atoms with Gasteiger partial charge in [-0.15, -0.1) is 0 Å². The van der Waals surface area contributed by atoms with Crippen LogP contribution in [0, 0.1) is 0 Å². The molecule has 0 aliphatic carbocycles. The van der Waals surface area contributed by atoms with Gasteiger partial charge in [0.1, 0.15) is 0 Å². The average Bonchev–Trinajstić information content (AvgIpc) is 2.96. The Kier molecular flexibility index (Phi) is 9.70. The van der Waals surface area contributed by atoms with Crippen molar-refractivity contribution in [3.8, 4) is 22.3 Å². The molecule has 0 aliphatic heterocycles. The van der Waals surface area contributed by atoms with E-state index in [0.717, 1.165) is 22.3 Å². The highest BCUT2D eigenvalue weighted by Crippen LogP contribution is 2.17. The first-order valence-corrected chi connectivity index (χ1v) is 12.8. The molecule has 1 atom stereocenters. The van der Waals surface area contributed by atoms with Crippen molar-refractivity contribution in [3.05, 3.63) is 110 Å². The molecule has 7 nitrogen and oxygen atoms in total. The average molecular weight is 511 g/mol. The van der Waals surface area contributed by atoms with E-state index in [1.807, 2.05) is 102 Å². The minimum atomic E-state index is -0.166. The molecule has 38 heavy (non-hydrogen) atoms. The Hall–Kier alpha value is -4.36. The fourth-order valence-corrected chi connectivity index (χ4v) is 3.98. The van der Waals surface area contributed by atoms with E-state index in [1.165, 1.54) is 0 Å². The van der Waals surface area contributed by atoms with Crippen LogP contribution in [0.2, 0.25) is 0 Å². The molecule has 2 heterocycles. The van der Waals surface area contributed by atoms with Gasteiger partial charge in [0.05, 0.1) is 12.7 Å². The van der Waals surface area contributed by atoms with E-state index in [0.29, 0.717) is 19.7 Å². The van der Waals surface area contributed by atoms with E-state index in [2.05, 4.69) is 34.9 Å². The van der Waals surface area contributed by atoms with Gasteiger partial charge in [-0.2, -0.15) is 9.13 Å². The number of nitrogens with one attached hydrogen (secondary N) is 2. The van der Waals surface area contributed by atoms with Crippen molar-refractivity contribution in [2.45, 2.75) is 26.1 Å². The van der Waals surface area contributed by atoms with Crippen LogP contribution < -0.4 is 19.8 Å². The molecule has 0 radical (unpaired) electrons. The summed E-state index contributed by atoms with van der Waals surface area (Å²) in [6, 6.07) is 28.2. The summed E-state index contributed by atoms with van der Waals surface area (Å²) in [7, 11) is 0. The number of carbonyl (C=O) groups is 2. The number of ether oxygens (including phenoxy) is 1. The van der Waals surface area contributed by atoms with Crippen LogP contribution in [-0.2, 0) is 27.4 Å². The first kappa shape index (κ1) is 26.7. The predicted molar refractivity (Wildman–Crippen MR) is 146 cm³/mol. The summed E-state index contributed by atoms with van der Waals surface area (Å²) < 4.78 is 9.41. The molecule has 0 aliphatic rings. The van der Waals surface area contributed by atoms with Crippen molar-refractivity contribution < 1.29 is 23.5 Å². The van der Waals surface area contributed by atoms with Gasteiger partial charge in [0.15, 0.2) is 24.8 Å². The van der Waals surface area contributed by atoms with Crippen LogP contribution in [0.25, 0.3) is 22.3 Å². The summed E-state index contributed by atoms with van der Waals surface area (Å²) in [5, 5.41) is 5.77. The Morgan fingerprint density at radius 3 is 1.55 bits per heavy atom. The molecule has 0 saturated carbocycles. The zero-order chi connectivity index (χ0) is 26.6. The van der Waals surface area contributed by atoms with E-state index in [9.17, 15) is 9.59 Å². The first-order chi connectivity index (χ1) is 18.6. The summed E-state index contributed by atoms with van der Waals surface area (Å²) in [6.07, 6.45) is 7.44. The fraction of sp³-hybridized carbons (Fsp3) is 0.226. The smallest absolute Gasteiger partial charge is 0.286 e. The molecule has 2 amide bonds. The number of hydrogen-bond acceptors (Lipinski definition) is 3. The van der Waals surface area contributed by atoms with Crippen molar-refractivity contribution >= 4 is 11.8 Å². The molecule has 2 N–H and O–H groups in total. The second-order valence-electron chi connectivity index (χ2n) is 9.09. The SMILES string of the molecule is CC(CNC(=O)C[n+]1ccc(-c2ccccc2)cc1)OCCNC(=O)C[n+]1ccc(-c2ccccc2)cc1. The number of hydrogen-bond donors (Lipinski definition) is 2. The second kappa shape index (κ2) is 13.8. The van der Waals surface area contributed by atoms with Crippen LogP contribution in [0.15, 0.2) is 110 Å². The highest BCUT2D eigenvalue weighted by molar-refractivity contribution is 5.74. The molecule has 194 valence electrons. The molecule has 4 aromatic rings. The van der Waals surface area contributed by atoms with Crippen molar-refractivity contribution in [3.63, 3.8) is 0 Å². The van der Waals surface area contributed by atoms with E-state index >= 15 is 0 Å². The third-order valence-corrected chi connectivity index (χ3v) is 6.06. The lowest BCUT2D eigenvalue weighted by Crippen LogP contribution is -2.44. The first-order valence-electron chi connectivity index (χ1n) is 12.8. The van der Waals surface area contributed by atoms with Crippen molar-refractivity contribution in [2.75, 3.05) is 19.7 Å². The highest BCUT2D eigenvalue weighted by atomic mass is 16.5. The lowest BCUT2D eigenvalue weighted by molar-refractivity contribution is -0.684. The van der Waals surface area contributed by atoms with Gasteiger partial charge in [-0.3, -0.25) is 9.59 Å². The summed E-state index contributed by atoms with van der Waals surface area (Å²) in [4.78, 5) is 24.6. The topological polar surface area (TPSA) is 75.2 Å². The third kappa shape index (κ3) is 8.35. The Morgan fingerprint density at radius 1 is 0.658 bits per heavy atom. The molecule has 0 spiro atoms. The minimum absolute atomic E-state index is 0.0812. The van der Waals surface area contributed by atoms with Gasteiger partial charge in [-0.25, -0.2) is 0 Å². The molecule has 0 bridgehead atoms. The molecular formula is C31H34N4O3+2. The van der Waals surface area contributed by atoms with Crippen LogP contribution >= 0.6 is 0 Å². The maximum Gasteiger partial charge on any atom is 0.286 e. The summed E-state index contributed by atoms with van der Waals surface area (Å²) in [6.45, 7) is 3.55. The van der Waals surface area contributed by atoms with Gasteiger partial charge in [-0.1, -0.05) is 60.7 Å². The monoisotopic (exact) mass is 510 g/mol. The number of rotatable bonds is 12. The van der Waals surface area contributed by atoms with Gasteiger partial charge in [0.2, 0.25) is 13.1 Å². The van der Waals surface area contributed by atoms with Crippen LogP contribution in [0.3, 0.4) is 0 Å². The van der Waals surface area contributed by atoms with Crippen LogP contribution in [0.4, 0.5) is 0 Å². The normalized spacial score (nSPS) is 11.5. The van der Waals surface area contributed by atoms with E-state index in [1.54, 1.807) is 0 Å². The largest absolute Gasteiger partial charge is 0.375 e. The second-order valence-corrected chi connectivity index (χ2v) is 9.09. The quantitative estimate of drug-likeness (QED) is 0.227.